The highest BCUT2D eigenvalue weighted by molar-refractivity contribution is 7.89. The van der Waals surface area contributed by atoms with Gasteiger partial charge in [0.15, 0.2) is 0 Å². The Morgan fingerprint density at radius 3 is 2.08 bits per heavy atom. The molecule has 1 fully saturated rings. The van der Waals surface area contributed by atoms with Gasteiger partial charge in [-0.25, -0.2) is 8.42 Å². The quantitative estimate of drug-likeness (QED) is 0.441. The summed E-state index contributed by atoms with van der Waals surface area (Å²) in [5.74, 6) is 0.947. The number of rotatable bonds is 10. The highest BCUT2D eigenvalue weighted by Crippen LogP contribution is 2.23. The summed E-state index contributed by atoms with van der Waals surface area (Å²) in [4.78, 5) is 15.5. The molecule has 1 saturated heterocycles. The monoisotopic (exact) mass is 506 g/mol. The number of carbonyl (C=O) groups excluding carboxylic acids is 1. The van der Waals surface area contributed by atoms with Crippen molar-refractivity contribution < 1.29 is 17.9 Å². The maximum absolute atomic E-state index is 13.6. The second kappa shape index (κ2) is 12.2. The molecule has 0 aliphatic carbocycles. The van der Waals surface area contributed by atoms with E-state index < -0.39 is 16.1 Å². The summed E-state index contributed by atoms with van der Waals surface area (Å²) in [6, 6.07) is 25.3. The van der Waals surface area contributed by atoms with Crippen molar-refractivity contribution in [2.24, 2.45) is 5.92 Å². The number of piperidine rings is 1. The van der Waals surface area contributed by atoms with Crippen LogP contribution in [-0.4, -0.2) is 45.0 Å². The fraction of sp³-hybridized carbons (Fsp3) is 0.345. The molecule has 7 heteroatoms. The number of sulfonamides is 1. The standard InChI is InChI=1S/C29H34N2O4S/c1-2-35-26-13-15-27(16-14-26)36(33,34)30-28(22-24-11-7-4-8-12-24)29(32)31-19-17-25(18-20-31)21-23-9-5-3-6-10-23/h3-16,25,28,30H,2,17-22H2,1H3/t28-/m0/s1. The van der Waals surface area contributed by atoms with E-state index in [9.17, 15) is 13.2 Å². The molecule has 0 saturated carbocycles. The fourth-order valence-corrected chi connectivity index (χ4v) is 5.88. The Kier molecular flexibility index (Phi) is 8.78. The first-order valence-electron chi connectivity index (χ1n) is 12.6. The van der Waals surface area contributed by atoms with Gasteiger partial charge in [0.2, 0.25) is 15.9 Å². The Balaban J connectivity index is 1.46. The maximum Gasteiger partial charge on any atom is 0.241 e. The summed E-state index contributed by atoms with van der Waals surface area (Å²) in [6.07, 6.45) is 3.11. The topological polar surface area (TPSA) is 75.7 Å². The van der Waals surface area contributed by atoms with Crippen LogP contribution >= 0.6 is 0 Å². The molecule has 4 rings (SSSR count). The van der Waals surface area contributed by atoms with Crippen molar-refractivity contribution in [3.63, 3.8) is 0 Å². The van der Waals surface area contributed by atoms with E-state index in [2.05, 4.69) is 29.0 Å². The zero-order chi connectivity index (χ0) is 25.4. The molecule has 0 unspecified atom stereocenters. The van der Waals surface area contributed by atoms with Gasteiger partial charge in [-0.2, -0.15) is 4.72 Å². The zero-order valence-electron chi connectivity index (χ0n) is 20.7. The van der Waals surface area contributed by atoms with E-state index in [1.165, 1.54) is 17.7 Å². The zero-order valence-corrected chi connectivity index (χ0v) is 21.5. The molecule has 1 atom stereocenters. The van der Waals surface area contributed by atoms with E-state index in [0.29, 0.717) is 37.8 Å². The van der Waals surface area contributed by atoms with Gasteiger partial charge in [0.1, 0.15) is 11.8 Å². The van der Waals surface area contributed by atoms with E-state index >= 15 is 0 Å². The van der Waals surface area contributed by atoms with Crippen LogP contribution in [0, 0.1) is 5.92 Å². The lowest BCUT2D eigenvalue weighted by molar-refractivity contribution is -0.134. The normalized spacial score (nSPS) is 15.4. The van der Waals surface area contributed by atoms with Crippen LogP contribution in [0.1, 0.15) is 30.9 Å². The third-order valence-electron chi connectivity index (χ3n) is 6.62. The Morgan fingerprint density at radius 2 is 1.50 bits per heavy atom. The van der Waals surface area contributed by atoms with Crippen molar-refractivity contribution in [3.8, 4) is 5.75 Å². The second-order valence-electron chi connectivity index (χ2n) is 9.23. The molecule has 3 aromatic carbocycles. The Hall–Kier alpha value is -3.16. The van der Waals surface area contributed by atoms with Gasteiger partial charge in [-0.15, -0.1) is 0 Å². The molecule has 1 heterocycles. The predicted molar refractivity (Wildman–Crippen MR) is 141 cm³/mol. The number of ether oxygens (including phenoxy) is 1. The lowest BCUT2D eigenvalue weighted by Gasteiger charge is -2.34. The van der Waals surface area contributed by atoms with E-state index in [4.69, 9.17) is 4.74 Å². The Bertz CT molecular complexity index is 1210. The van der Waals surface area contributed by atoms with E-state index in [1.54, 1.807) is 12.1 Å². The first-order chi connectivity index (χ1) is 17.4. The molecule has 6 nitrogen and oxygen atoms in total. The second-order valence-corrected chi connectivity index (χ2v) is 10.9. The van der Waals surface area contributed by atoms with Gasteiger partial charge < -0.3 is 9.64 Å². The summed E-state index contributed by atoms with van der Waals surface area (Å²) < 4.78 is 34.6. The van der Waals surface area contributed by atoms with Gasteiger partial charge in [0.05, 0.1) is 11.5 Å². The molecule has 3 aromatic rings. The molecule has 1 aliphatic rings. The van der Waals surface area contributed by atoms with Gasteiger partial charge in [-0.1, -0.05) is 60.7 Å². The Morgan fingerprint density at radius 1 is 0.917 bits per heavy atom. The summed E-state index contributed by atoms with van der Waals surface area (Å²) in [5, 5.41) is 0. The first-order valence-corrected chi connectivity index (χ1v) is 14.0. The molecule has 0 aromatic heterocycles. The number of likely N-dealkylation sites (tertiary alicyclic amines) is 1. The number of amides is 1. The van der Waals surface area contributed by atoms with Gasteiger partial charge in [-0.3, -0.25) is 4.79 Å². The van der Waals surface area contributed by atoms with Gasteiger partial charge in [-0.05, 0) is 73.9 Å². The molecular formula is C29H34N2O4S. The van der Waals surface area contributed by atoms with Crippen molar-refractivity contribution in [2.45, 2.75) is 43.5 Å². The molecule has 1 aliphatic heterocycles. The first kappa shape index (κ1) is 25.9. The largest absolute Gasteiger partial charge is 0.494 e. The van der Waals surface area contributed by atoms with Crippen LogP contribution < -0.4 is 9.46 Å². The number of nitrogens with zero attached hydrogens (tertiary/aromatic N) is 1. The van der Waals surface area contributed by atoms with E-state index in [0.717, 1.165) is 24.8 Å². The number of nitrogens with one attached hydrogen (secondary N) is 1. The van der Waals surface area contributed by atoms with E-state index in [1.807, 2.05) is 48.2 Å². The molecular weight excluding hydrogens is 472 g/mol. The molecule has 190 valence electrons. The number of hydrogen-bond donors (Lipinski definition) is 1. The summed E-state index contributed by atoms with van der Waals surface area (Å²) >= 11 is 0. The van der Waals surface area contributed by atoms with Crippen molar-refractivity contribution in [1.29, 1.82) is 0 Å². The van der Waals surface area contributed by atoms with E-state index in [-0.39, 0.29) is 10.8 Å². The van der Waals surface area contributed by atoms with Crippen molar-refractivity contribution in [2.75, 3.05) is 19.7 Å². The summed E-state index contributed by atoms with van der Waals surface area (Å²) in [7, 11) is -3.90. The van der Waals surface area contributed by atoms with Gasteiger partial charge in [0.25, 0.3) is 0 Å². The average molecular weight is 507 g/mol. The highest BCUT2D eigenvalue weighted by Gasteiger charge is 2.32. The minimum Gasteiger partial charge on any atom is -0.494 e. The van der Waals surface area contributed by atoms with Crippen LogP contribution in [-0.2, 0) is 27.7 Å². The van der Waals surface area contributed by atoms with Gasteiger partial charge in [0, 0.05) is 13.1 Å². The van der Waals surface area contributed by atoms with Gasteiger partial charge >= 0.3 is 0 Å². The van der Waals surface area contributed by atoms with Crippen molar-refractivity contribution >= 4 is 15.9 Å². The van der Waals surface area contributed by atoms with Crippen LogP contribution in [0.2, 0.25) is 0 Å². The summed E-state index contributed by atoms with van der Waals surface area (Å²) in [6.45, 7) is 3.63. The Labute approximate surface area is 214 Å². The minimum absolute atomic E-state index is 0.110. The van der Waals surface area contributed by atoms with Crippen LogP contribution in [0.15, 0.2) is 89.8 Å². The van der Waals surface area contributed by atoms with Crippen LogP contribution in [0.4, 0.5) is 0 Å². The summed E-state index contributed by atoms with van der Waals surface area (Å²) in [5.41, 5.74) is 2.22. The fourth-order valence-electron chi connectivity index (χ4n) is 4.69. The maximum atomic E-state index is 13.6. The lowest BCUT2D eigenvalue weighted by atomic mass is 9.90. The third kappa shape index (κ3) is 6.95. The third-order valence-corrected chi connectivity index (χ3v) is 8.10. The minimum atomic E-state index is -3.90. The highest BCUT2D eigenvalue weighted by atomic mass is 32.2. The molecule has 1 N–H and O–H groups in total. The smallest absolute Gasteiger partial charge is 0.241 e. The number of benzene rings is 3. The SMILES string of the molecule is CCOc1ccc(S(=O)(=O)N[C@@H](Cc2ccccc2)C(=O)N2CCC(Cc3ccccc3)CC2)cc1. The predicted octanol–water partition coefficient (Wildman–Crippen LogP) is 4.46. The molecule has 0 spiro atoms. The molecule has 36 heavy (non-hydrogen) atoms. The van der Waals surface area contributed by atoms with Crippen LogP contribution in [0.25, 0.3) is 0 Å². The lowest BCUT2D eigenvalue weighted by Crippen LogP contribution is -2.51. The van der Waals surface area contributed by atoms with Crippen LogP contribution in [0.3, 0.4) is 0 Å². The number of hydrogen-bond acceptors (Lipinski definition) is 4. The molecule has 1 amide bonds. The van der Waals surface area contributed by atoms with Crippen LogP contribution in [0.5, 0.6) is 5.75 Å². The number of carbonyl (C=O) groups is 1. The van der Waals surface area contributed by atoms with Crippen molar-refractivity contribution in [3.05, 3.63) is 96.1 Å². The van der Waals surface area contributed by atoms with Crippen molar-refractivity contribution in [1.82, 2.24) is 9.62 Å². The average Bonchev–Trinajstić information content (AvgIpc) is 2.90. The molecule has 0 radical (unpaired) electrons. The molecule has 0 bridgehead atoms.